The normalized spacial score (nSPS) is 10.1. The van der Waals surface area contributed by atoms with Crippen molar-refractivity contribution in [3.8, 4) is 0 Å². The van der Waals surface area contributed by atoms with E-state index in [0.717, 1.165) is 29.2 Å². The Morgan fingerprint density at radius 2 is 2.18 bits per heavy atom. The van der Waals surface area contributed by atoms with Crippen molar-refractivity contribution in [1.82, 2.24) is 0 Å². The summed E-state index contributed by atoms with van der Waals surface area (Å²) in [6.45, 7) is 5.45. The van der Waals surface area contributed by atoms with Crippen LogP contribution in [0.15, 0.2) is 18.2 Å². The summed E-state index contributed by atoms with van der Waals surface area (Å²) in [5.41, 5.74) is 8.75. The van der Waals surface area contributed by atoms with Gasteiger partial charge in [0.2, 0.25) is 0 Å². The average Bonchev–Trinajstić information content (AvgIpc) is 2.31. The van der Waals surface area contributed by atoms with Crippen LogP contribution in [0, 0.1) is 5.41 Å². The second-order valence-electron chi connectivity index (χ2n) is 3.49. The summed E-state index contributed by atoms with van der Waals surface area (Å²) >= 11 is 1.48. The summed E-state index contributed by atoms with van der Waals surface area (Å²) in [5, 5.41) is 14.5. The molecule has 0 aliphatic heterocycles. The van der Waals surface area contributed by atoms with Gasteiger partial charge in [-0.3, -0.25) is 5.41 Å². The third-order valence-electron chi connectivity index (χ3n) is 2.24. The third kappa shape index (κ3) is 4.28. The summed E-state index contributed by atoms with van der Waals surface area (Å²) in [6, 6.07) is 5.95. The molecule has 0 bridgehead atoms. The Labute approximate surface area is 107 Å². The maximum Gasteiger partial charge on any atom is 0.158 e. The Morgan fingerprint density at radius 1 is 1.41 bits per heavy atom. The van der Waals surface area contributed by atoms with Crippen molar-refractivity contribution in [1.29, 1.82) is 5.41 Å². The lowest BCUT2D eigenvalue weighted by atomic mass is 10.1. The van der Waals surface area contributed by atoms with E-state index in [4.69, 9.17) is 11.1 Å². The first-order chi connectivity index (χ1) is 8.21. The Balaban J connectivity index is 2.78. The van der Waals surface area contributed by atoms with Crippen LogP contribution >= 0.6 is 11.8 Å². The number of anilines is 2. The fraction of sp³-hybridized carbons (Fsp3) is 0.417. The lowest BCUT2D eigenvalue weighted by molar-refractivity contribution is 1.06. The minimum Gasteiger partial charge on any atom is -0.385 e. The van der Waals surface area contributed by atoms with Crippen molar-refractivity contribution < 1.29 is 0 Å². The van der Waals surface area contributed by atoms with E-state index in [2.05, 4.69) is 17.6 Å². The zero-order chi connectivity index (χ0) is 12.7. The molecule has 0 saturated carbocycles. The van der Waals surface area contributed by atoms with Crippen molar-refractivity contribution in [3.05, 3.63) is 23.8 Å². The largest absolute Gasteiger partial charge is 0.385 e. The highest BCUT2D eigenvalue weighted by molar-refractivity contribution is 8.14. The van der Waals surface area contributed by atoms with Crippen LogP contribution in [-0.4, -0.2) is 17.5 Å². The summed E-state index contributed by atoms with van der Waals surface area (Å²) in [7, 11) is 0. The molecule has 0 radical (unpaired) electrons. The fourth-order valence-electron chi connectivity index (χ4n) is 1.51. The minimum atomic E-state index is 0.465. The van der Waals surface area contributed by atoms with Crippen LogP contribution in [0.4, 0.5) is 11.4 Å². The van der Waals surface area contributed by atoms with Crippen LogP contribution < -0.4 is 16.4 Å². The van der Waals surface area contributed by atoms with E-state index in [1.165, 1.54) is 11.8 Å². The van der Waals surface area contributed by atoms with E-state index in [0.29, 0.717) is 11.7 Å². The molecular weight excluding hydrogens is 232 g/mol. The van der Waals surface area contributed by atoms with Gasteiger partial charge in [-0.1, -0.05) is 18.7 Å². The van der Waals surface area contributed by atoms with Gasteiger partial charge >= 0.3 is 0 Å². The number of benzene rings is 1. The lowest BCUT2D eigenvalue weighted by Gasteiger charge is -2.12. The van der Waals surface area contributed by atoms with E-state index in [9.17, 15) is 0 Å². The number of thioether (sulfide) groups is 1. The van der Waals surface area contributed by atoms with Gasteiger partial charge in [0.25, 0.3) is 0 Å². The number of hydrogen-bond acceptors (Lipinski definition) is 4. The molecule has 1 aromatic carbocycles. The van der Waals surface area contributed by atoms with Crippen LogP contribution in [0.2, 0.25) is 0 Å². The zero-order valence-electron chi connectivity index (χ0n) is 10.3. The number of nitrogens with one attached hydrogen (secondary N) is 3. The summed E-state index contributed by atoms with van der Waals surface area (Å²) < 4.78 is 0. The molecular formula is C12H20N4S. The quantitative estimate of drug-likeness (QED) is 0.480. The van der Waals surface area contributed by atoms with Gasteiger partial charge in [-0.2, -0.15) is 0 Å². The minimum absolute atomic E-state index is 0.465. The zero-order valence-corrected chi connectivity index (χ0v) is 11.2. The molecule has 0 atom stereocenters. The molecule has 0 saturated heterocycles. The monoisotopic (exact) mass is 252 g/mol. The number of nitrogens with two attached hydrogens (primary N) is 1. The number of hydrogen-bond donors (Lipinski definition) is 4. The molecule has 94 valence electrons. The highest BCUT2D eigenvalue weighted by atomic mass is 32.2. The predicted octanol–water partition coefficient (Wildman–Crippen LogP) is 2.68. The summed E-state index contributed by atoms with van der Waals surface area (Å²) in [6.07, 6.45) is 0. The van der Waals surface area contributed by atoms with Gasteiger partial charge in [0.05, 0.1) is 0 Å². The summed E-state index contributed by atoms with van der Waals surface area (Å²) in [4.78, 5) is 0. The molecule has 0 aliphatic carbocycles. The lowest BCUT2D eigenvalue weighted by Crippen LogP contribution is -2.09. The predicted molar refractivity (Wildman–Crippen MR) is 78.0 cm³/mol. The molecule has 0 fully saturated rings. The highest BCUT2D eigenvalue weighted by Crippen LogP contribution is 2.21. The SMILES string of the molecule is CCNc1ccc(NC(=N)SCC)cc1CN. The molecule has 0 aliphatic rings. The molecule has 0 heterocycles. The van der Waals surface area contributed by atoms with Gasteiger partial charge in [0, 0.05) is 24.5 Å². The van der Waals surface area contributed by atoms with Gasteiger partial charge in [0.15, 0.2) is 5.17 Å². The molecule has 17 heavy (non-hydrogen) atoms. The van der Waals surface area contributed by atoms with Crippen molar-refractivity contribution in [2.45, 2.75) is 20.4 Å². The topological polar surface area (TPSA) is 73.9 Å². The van der Waals surface area contributed by atoms with E-state index in [-0.39, 0.29) is 0 Å². The van der Waals surface area contributed by atoms with Gasteiger partial charge in [-0.25, -0.2) is 0 Å². The molecule has 0 unspecified atom stereocenters. The van der Waals surface area contributed by atoms with Crippen LogP contribution in [0.25, 0.3) is 0 Å². The standard InChI is InChI=1S/C12H20N4S/c1-3-15-11-6-5-10(7-9(11)8-13)16-12(14)17-4-2/h5-7,15H,3-4,8,13H2,1-2H3,(H2,14,16). The maximum atomic E-state index is 7.69. The number of amidine groups is 1. The summed E-state index contributed by atoms with van der Waals surface area (Å²) in [5.74, 6) is 0.894. The van der Waals surface area contributed by atoms with Gasteiger partial charge in [-0.15, -0.1) is 0 Å². The van der Waals surface area contributed by atoms with Crippen molar-refractivity contribution in [2.75, 3.05) is 22.9 Å². The van der Waals surface area contributed by atoms with Crippen LogP contribution in [0.3, 0.4) is 0 Å². The van der Waals surface area contributed by atoms with E-state index in [1.807, 2.05) is 25.1 Å². The molecule has 0 aromatic heterocycles. The molecule has 0 spiro atoms. The Morgan fingerprint density at radius 3 is 2.76 bits per heavy atom. The van der Waals surface area contributed by atoms with Crippen LogP contribution in [0.1, 0.15) is 19.4 Å². The van der Waals surface area contributed by atoms with E-state index < -0.39 is 0 Å². The molecule has 1 aromatic rings. The Bertz CT molecular complexity index is 379. The first-order valence-electron chi connectivity index (χ1n) is 5.76. The smallest absolute Gasteiger partial charge is 0.158 e. The second kappa shape index (κ2) is 7.19. The fourth-order valence-corrected chi connectivity index (χ4v) is 1.99. The van der Waals surface area contributed by atoms with Crippen molar-refractivity contribution in [2.24, 2.45) is 5.73 Å². The molecule has 1 rings (SSSR count). The van der Waals surface area contributed by atoms with Crippen LogP contribution in [0.5, 0.6) is 0 Å². The van der Waals surface area contributed by atoms with Gasteiger partial charge < -0.3 is 16.4 Å². The first kappa shape index (κ1) is 13.9. The van der Waals surface area contributed by atoms with Gasteiger partial charge in [-0.05, 0) is 36.4 Å². The second-order valence-corrected chi connectivity index (χ2v) is 4.77. The Kier molecular flexibility index (Phi) is 5.86. The molecule has 5 N–H and O–H groups in total. The van der Waals surface area contributed by atoms with Crippen molar-refractivity contribution in [3.63, 3.8) is 0 Å². The highest BCUT2D eigenvalue weighted by Gasteiger charge is 2.03. The molecule has 5 heteroatoms. The van der Waals surface area contributed by atoms with Crippen molar-refractivity contribution >= 4 is 28.3 Å². The van der Waals surface area contributed by atoms with E-state index in [1.54, 1.807) is 0 Å². The molecule has 4 nitrogen and oxygen atoms in total. The average molecular weight is 252 g/mol. The van der Waals surface area contributed by atoms with E-state index >= 15 is 0 Å². The number of rotatable bonds is 5. The Hall–Kier alpha value is -1.20. The third-order valence-corrected chi connectivity index (χ3v) is 2.92. The molecule has 0 amide bonds. The van der Waals surface area contributed by atoms with Crippen LogP contribution in [-0.2, 0) is 6.54 Å². The maximum absolute atomic E-state index is 7.69. The van der Waals surface area contributed by atoms with Gasteiger partial charge in [0.1, 0.15) is 0 Å². The first-order valence-corrected chi connectivity index (χ1v) is 6.75.